The normalized spacial score (nSPS) is 21.2. The summed E-state index contributed by atoms with van der Waals surface area (Å²) < 4.78 is 10.6. The molecule has 1 unspecified atom stereocenters. The number of ether oxygens (including phenoxy) is 2. The number of nitrogen functional groups attached to an aromatic ring is 1. The summed E-state index contributed by atoms with van der Waals surface area (Å²) in [6.45, 7) is 1.38. The number of nitrogens with two attached hydrogens (primary N) is 1. The van der Waals surface area contributed by atoms with Gasteiger partial charge in [-0.05, 0) is 43.4 Å². The van der Waals surface area contributed by atoms with Crippen molar-refractivity contribution in [2.24, 2.45) is 0 Å². The zero-order chi connectivity index (χ0) is 19.0. The first-order valence-corrected chi connectivity index (χ1v) is 9.19. The van der Waals surface area contributed by atoms with Gasteiger partial charge in [-0.25, -0.2) is 9.97 Å². The second kappa shape index (κ2) is 6.72. The number of fused-ring (bicyclic) bond motifs is 2. The molecule has 1 aliphatic heterocycles. The van der Waals surface area contributed by atoms with E-state index in [2.05, 4.69) is 9.97 Å². The summed E-state index contributed by atoms with van der Waals surface area (Å²) >= 11 is 0. The molecule has 7 nitrogen and oxygen atoms in total. The van der Waals surface area contributed by atoms with Gasteiger partial charge >= 0.3 is 0 Å². The van der Waals surface area contributed by atoms with Crippen LogP contribution in [0, 0.1) is 0 Å². The largest absolute Gasteiger partial charge is 0.497 e. The first-order chi connectivity index (χ1) is 13.0. The molecule has 1 aromatic heterocycles. The molecule has 0 bridgehead atoms. The number of anilines is 1. The molecule has 1 aromatic carbocycles. The molecule has 2 aliphatic rings. The van der Waals surface area contributed by atoms with Crippen molar-refractivity contribution in [3.63, 3.8) is 0 Å². The van der Waals surface area contributed by atoms with Crippen molar-refractivity contribution in [1.29, 1.82) is 0 Å². The number of carbonyl (C=O) groups is 1. The number of amides is 1. The van der Waals surface area contributed by atoms with Crippen LogP contribution in [0.5, 0.6) is 11.5 Å². The van der Waals surface area contributed by atoms with E-state index in [1.807, 2.05) is 11.1 Å². The predicted octanol–water partition coefficient (Wildman–Crippen LogP) is 2.20. The number of aromatic nitrogens is 2. The summed E-state index contributed by atoms with van der Waals surface area (Å²) in [5, 5.41) is 0. The molecule has 1 fully saturated rings. The van der Waals surface area contributed by atoms with Crippen LogP contribution in [0.15, 0.2) is 24.4 Å². The maximum absolute atomic E-state index is 13.2. The number of carbonyl (C=O) groups excluding carboxylic acids is 1. The molecule has 142 valence electrons. The summed E-state index contributed by atoms with van der Waals surface area (Å²) in [4.78, 5) is 23.8. The Kier molecular flexibility index (Phi) is 4.37. The zero-order valence-corrected chi connectivity index (χ0v) is 15.7. The molecule has 2 aromatic rings. The van der Waals surface area contributed by atoms with E-state index in [0.29, 0.717) is 29.6 Å². The molecule has 2 heterocycles. The molecule has 1 saturated heterocycles. The molecule has 2 N–H and O–H groups in total. The van der Waals surface area contributed by atoms with Crippen LogP contribution in [-0.4, -0.2) is 48.1 Å². The minimum atomic E-state index is -0.122. The van der Waals surface area contributed by atoms with Crippen molar-refractivity contribution in [3.8, 4) is 11.5 Å². The Morgan fingerprint density at radius 1 is 1.19 bits per heavy atom. The highest BCUT2D eigenvalue weighted by Gasteiger charge is 2.44. The van der Waals surface area contributed by atoms with Gasteiger partial charge in [-0.2, -0.15) is 0 Å². The van der Waals surface area contributed by atoms with Gasteiger partial charge in [0, 0.05) is 36.3 Å². The molecule has 7 heteroatoms. The number of hydrogen-bond donors (Lipinski definition) is 1. The molecular weight excluding hydrogens is 344 g/mol. The van der Waals surface area contributed by atoms with Gasteiger partial charge in [0.15, 0.2) is 0 Å². The number of aryl methyl sites for hydroxylation is 1. The fourth-order valence-electron chi connectivity index (χ4n) is 4.37. The van der Waals surface area contributed by atoms with Crippen molar-refractivity contribution in [3.05, 3.63) is 41.2 Å². The minimum absolute atomic E-state index is 0.0123. The number of likely N-dealkylation sites (tertiary alicyclic amines) is 1. The van der Waals surface area contributed by atoms with Crippen LogP contribution in [0.3, 0.4) is 0 Å². The Morgan fingerprint density at radius 2 is 1.93 bits per heavy atom. The molecular formula is C20H24N4O3. The molecule has 27 heavy (non-hydrogen) atoms. The van der Waals surface area contributed by atoms with E-state index in [1.54, 1.807) is 32.4 Å². The van der Waals surface area contributed by atoms with E-state index in [4.69, 9.17) is 15.2 Å². The zero-order valence-electron chi connectivity index (χ0n) is 15.7. The number of benzene rings is 1. The summed E-state index contributed by atoms with van der Waals surface area (Å²) in [7, 11) is 3.16. The monoisotopic (exact) mass is 368 g/mol. The van der Waals surface area contributed by atoms with Crippen molar-refractivity contribution >= 4 is 11.9 Å². The smallest absolute Gasteiger partial charge is 0.254 e. The third kappa shape index (κ3) is 3.07. The molecule has 4 rings (SSSR count). The van der Waals surface area contributed by atoms with Crippen LogP contribution >= 0.6 is 0 Å². The summed E-state index contributed by atoms with van der Waals surface area (Å²) in [6.07, 6.45) is 5.70. The SMILES string of the molecule is COc1cc(OC)cc(C(=O)N2CCCC3(CCc4cnc(N)nc43)C2)c1. The van der Waals surface area contributed by atoms with Gasteiger partial charge in [-0.3, -0.25) is 4.79 Å². The number of methoxy groups -OCH3 is 2. The van der Waals surface area contributed by atoms with Gasteiger partial charge in [0.05, 0.1) is 19.9 Å². The van der Waals surface area contributed by atoms with Crippen molar-refractivity contribution < 1.29 is 14.3 Å². The molecule has 1 amide bonds. The maximum Gasteiger partial charge on any atom is 0.254 e. The molecule has 1 aliphatic carbocycles. The lowest BCUT2D eigenvalue weighted by molar-refractivity contribution is 0.0633. The third-order valence-electron chi connectivity index (χ3n) is 5.72. The third-order valence-corrected chi connectivity index (χ3v) is 5.72. The average Bonchev–Trinajstić information content (AvgIpc) is 3.04. The van der Waals surface area contributed by atoms with Crippen molar-refractivity contribution in [1.82, 2.24) is 14.9 Å². The Balaban J connectivity index is 1.63. The highest BCUT2D eigenvalue weighted by atomic mass is 16.5. The van der Waals surface area contributed by atoms with Crippen LogP contribution in [0.25, 0.3) is 0 Å². The van der Waals surface area contributed by atoms with Crippen LogP contribution in [0.2, 0.25) is 0 Å². The van der Waals surface area contributed by atoms with Gasteiger partial charge in [0.1, 0.15) is 11.5 Å². The van der Waals surface area contributed by atoms with E-state index in [-0.39, 0.29) is 11.3 Å². The maximum atomic E-state index is 13.2. The van der Waals surface area contributed by atoms with Gasteiger partial charge in [0.25, 0.3) is 5.91 Å². The van der Waals surface area contributed by atoms with Gasteiger partial charge in [-0.15, -0.1) is 0 Å². The predicted molar refractivity (Wildman–Crippen MR) is 101 cm³/mol. The highest BCUT2D eigenvalue weighted by molar-refractivity contribution is 5.95. The first kappa shape index (κ1) is 17.6. The number of nitrogens with zero attached hydrogens (tertiary/aromatic N) is 3. The van der Waals surface area contributed by atoms with E-state index in [9.17, 15) is 4.79 Å². The summed E-state index contributed by atoms with van der Waals surface area (Å²) in [6, 6.07) is 5.28. The standard InChI is InChI=1S/C20H24N4O3/c1-26-15-8-14(9-16(10-15)27-2)18(25)24-7-3-5-20(12-24)6-4-13-11-22-19(21)23-17(13)20/h8-11H,3-7,12H2,1-2H3,(H2,21,22,23). The second-order valence-electron chi connectivity index (χ2n) is 7.31. The van der Waals surface area contributed by atoms with Gasteiger partial charge in [-0.1, -0.05) is 0 Å². The van der Waals surface area contributed by atoms with Crippen LogP contribution in [0.4, 0.5) is 5.95 Å². The average molecular weight is 368 g/mol. The molecule has 0 radical (unpaired) electrons. The Morgan fingerprint density at radius 3 is 2.63 bits per heavy atom. The van der Waals surface area contributed by atoms with E-state index >= 15 is 0 Å². The fourth-order valence-corrected chi connectivity index (χ4v) is 4.37. The molecule has 1 atom stereocenters. The Labute approximate surface area is 158 Å². The lowest BCUT2D eigenvalue weighted by Gasteiger charge is -2.40. The topological polar surface area (TPSA) is 90.6 Å². The quantitative estimate of drug-likeness (QED) is 0.893. The first-order valence-electron chi connectivity index (χ1n) is 9.19. The van der Waals surface area contributed by atoms with E-state index in [1.165, 1.54) is 0 Å². The molecule has 1 spiro atoms. The van der Waals surface area contributed by atoms with E-state index < -0.39 is 0 Å². The second-order valence-corrected chi connectivity index (χ2v) is 7.31. The lowest BCUT2D eigenvalue weighted by Crippen LogP contribution is -2.48. The summed E-state index contributed by atoms with van der Waals surface area (Å²) in [5.74, 6) is 1.50. The Hall–Kier alpha value is -2.83. The number of hydrogen-bond acceptors (Lipinski definition) is 6. The van der Waals surface area contributed by atoms with Crippen molar-refractivity contribution in [2.75, 3.05) is 33.0 Å². The Bertz CT molecular complexity index is 859. The van der Waals surface area contributed by atoms with Crippen molar-refractivity contribution in [2.45, 2.75) is 31.1 Å². The number of rotatable bonds is 3. The van der Waals surface area contributed by atoms with Crippen LogP contribution < -0.4 is 15.2 Å². The van der Waals surface area contributed by atoms with E-state index in [0.717, 1.165) is 43.5 Å². The van der Waals surface area contributed by atoms with Gasteiger partial charge in [0.2, 0.25) is 5.95 Å². The lowest BCUT2D eigenvalue weighted by atomic mass is 9.77. The fraction of sp³-hybridized carbons (Fsp3) is 0.450. The molecule has 0 saturated carbocycles. The van der Waals surface area contributed by atoms with Crippen LogP contribution in [-0.2, 0) is 11.8 Å². The summed E-state index contributed by atoms with van der Waals surface area (Å²) in [5.41, 5.74) is 8.47. The van der Waals surface area contributed by atoms with Gasteiger partial charge < -0.3 is 20.1 Å². The number of piperidine rings is 1. The highest BCUT2D eigenvalue weighted by Crippen LogP contribution is 2.44. The van der Waals surface area contributed by atoms with Crippen LogP contribution in [0.1, 0.15) is 40.9 Å². The minimum Gasteiger partial charge on any atom is -0.497 e.